The van der Waals surface area contributed by atoms with Crippen molar-refractivity contribution >= 4 is 93.5 Å². The predicted octanol–water partition coefficient (Wildman–Crippen LogP) is 8.99. The van der Waals surface area contributed by atoms with Crippen LogP contribution in [0.25, 0.3) is 0 Å². The summed E-state index contributed by atoms with van der Waals surface area (Å²) in [6.45, 7) is 6.87. The highest BCUT2D eigenvalue weighted by atomic mass is 35.5. The minimum atomic E-state index is -1.10. The van der Waals surface area contributed by atoms with Gasteiger partial charge < -0.3 is 19.7 Å². The van der Waals surface area contributed by atoms with E-state index >= 15 is 0 Å². The molecule has 0 aliphatic carbocycles. The molecule has 0 aliphatic heterocycles. The van der Waals surface area contributed by atoms with E-state index in [1.165, 1.54) is 47.8 Å². The Morgan fingerprint density at radius 3 is 1.54 bits per heavy atom. The molecule has 256 valence electrons. The van der Waals surface area contributed by atoms with Crippen molar-refractivity contribution in [1.29, 1.82) is 0 Å². The summed E-state index contributed by atoms with van der Waals surface area (Å²) in [5.74, 6) is -1.40. The molecule has 0 spiro atoms. The molecule has 0 amide bonds. The normalized spacial score (nSPS) is 10.9. The first-order chi connectivity index (χ1) is 22.5. The first kappa shape index (κ1) is 39.5. The summed E-state index contributed by atoms with van der Waals surface area (Å²) >= 11 is 33.3. The van der Waals surface area contributed by atoms with E-state index in [1.54, 1.807) is 6.07 Å². The Morgan fingerprint density at radius 1 is 0.708 bits per heavy atom. The second kappa shape index (κ2) is 18.2. The van der Waals surface area contributed by atoms with Crippen molar-refractivity contribution in [2.75, 3.05) is 13.2 Å². The van der Waals surface area contributed by atoms with Gasteiger partial charge in [0.1, 0.15) is 21.6 Å². The lowest BCUT2D eigenvalue weighted by atomic mass is 10.1. The summed E-state index contributed by atoms with van der Waals surface area (Å²) < 4.78 is 10.1. The Bertz CT molecular complexity index is 1820. The van der Waals surface area contributed by atoms with Crippen LogP contribution in [0.15, 0.2) is 61.0 Å². The number of nitrogens with zero attached hydrogens (tertiary/aromatic N) is 3. The Kier molecular flexibility index (Phi) is 15.0. The number of H-pyrrole nitrogens is 1. The molecular weight excluding hydrogens is 770 g/mol. The molecule has 0 aliphatic rings. The summed E-state index contributed by atoms with van der Waals surface area (Å²) in [6.07, 6.45) is 0. The number of hydrogen-bond acceptors (Lipinski definition) is 10. The molecule has 4 aromatic rings. The molecule has 11 nitrogen and oxygen atoms in total. The molecular formula is C30H27Cl5N4O7S2. The molecule has 0 fully saturated rings. The first-order valence-corrected chi connectivity index (χ1v) is 17.2. The maximum Gasteiger partial charge on any atom is 0.341 e. The number of rotatable bonds is 12. The topological polar surface area (TPSA) is 165 Å². The van der Waals surface area contributed by atoms with Gasteiger partial charge in [-0.2, -0.15) is 5.10 Å². The molecule has 48 heavy (non-hydrogen) atoms. The number of hydrogen-bond donors (Lipinski definition) is 3. The van der Waals surface area contributed by atoms with E-state index in [2.05, 4.69) is 20.4 Å². The maximum absolute atomic E-state index is 11.7. The van der Waals surface area contributed by atoms with Crippen LogP contribution in [0, 0.1) is 0 Å². The van der Waals surface area contributed by atoms with Crippen LogP contribution in [-0.2, 0) is 9.59 Å². The van der Waals surface area contributed by atoms with Crippen LogP contribution < -0.4 is 15.0 Å². The fourth-order valence-electron chi connectivity index (χ4n) is 3.64. The van der Waals surface area contributed by atoms with Crippen molar-refractivity contribution in [3.63, 3.8) is 0 Å². The van der Waals surface area contributed by atoms with E-state index in [0.717, 1.165) is 5.56 Å². The van der Waals surface area contributed by atoms with E-state index in [0.29, 0.717) is 50.6 Å². The second-order valence-corrected chi connectivity index (χ2v) is 14.3. The molecule has 2 heterocycles. The van der Waals surface area contributed by atoms with Crippen molar-refractivity contribution in [2.24, 2.45) is 0 Å². The summed E-state index contributed by atoms with van der Waals surface area (Å²) in [6, 6.07) is 9.50. The number of benzene rings is 2. The highest BCUT2D eigenvalue weighted by Gasteiger charge is 2.17. The molecule has 0 saturated carbocycles. The highest BCUT2D eigenvalue weighted by Crippen LogP contribution is 2.42. The van der Waals surface area contributed by atoms with Crippen LogP contribution >= 0.6 is 81.5 Å². The summed E-state index contributed by atoms with van der Waals surface area (Å²) in [4.78, 5) is 33.9. The third-order valence-corrected chi connectivity index (χ3v) is 9.94. The minimum Gasteiger partial charge on any atom is -0.482 e. The molecule has 0 saturated heterocycles. The van der Waals surface area contributed by atoms with Gasteiger partial charge in [-0.3, -0.25) is 4.79 Å². The van der Waals surface area contributed by atoms with Crippen LogP contribution in [0.3, 0.4) is 0 Å². The van der Waals surface area contributed by atoms with Gasteiger partial charge in [-0.15, -0.1) is 10.2 Å². The molecule has 0 bridgehead atoms. The average Bonchev–Trinajstić information content (AvgIpc) is 3.00. The van der Waals surface area contributed by atoms with Gasteiger partial charge in [0.05, 0.1) is 29.9 Å². The van der Waals surface area contributed by atoms with E-state index in [1.807, 2.05) is 33.8 Å². The summed E-state index contributed by atoms with van der Waals surface area (Å²) in [7, 11) is 0. The lowest BCUT2D eigenvalue weighted by molar-refractivity contribution is -0.140. The molecule has 0 radical (unpaired) electrons. The summed E-state index contributed by atoms with van der Waals surface area (Å²) in [5.41, 5.74) is 1.26. The predicted molar refractivity (Wildman–Crippen MR) is 188 cm³/mol. The van der Waals surface area contributed by atoms with Gasteiger partial charge in [-0.05, 0) is 29.5 Å². The first-order valence-electron chi connectivity index (χ1n) is 13.7. The quantitative estimate of drug-likeness (QED) is 0.125. The molecule has 0 unspecified atom stereocenters. The van der Waals surface area contributed by atoms with Crippen LogP contribution in [0.2, 0.25) is 25.2 Å². The number of aromatic amines is 1. The molecule has 3 N–H and O–H groups in total. The zero-order valence-electron chi connectivity index (χ0n) is 25.5. The zero-order chi connectivity index (χ0) is 35.7. The third kappa shape index (κ3) is 11.6. The van der Waals surface area contributed by atoms with Crippen molar-refractivity contribution in [3.8, 4) is 11.5 Å². The van der Waals surface area contributed by atoms with Crippen molar-refractivity contribution in [3.05, 3.63) is 83.1 Å². The zero-order valence-corrected chi connectivity index (χ0v) is 30.9. The van der Waals surface area contributed by atoms with Crippen molar-refractivity contribution in [1.82, 2.24) is 20.4 Å². The van der Waals surface area contributed by atoms with Crippen LogP contribution in [0.5, 0.6) is 11.5 Å². The number of halogens is 5. The number of ether oxygens (including phenoxy) is 2. The maximum atomic E-state index is 11.7. The van der Waals surface area contributed by atoms with E-state index in [-0.39, 0.29) is 28.9 Å². The number of carboxylic acids is 2. The SMILES string of the molecule is CC(C)c1cc(Sc2c(Cl)cc(OCC(=O)O)cc2Cl)n[nH]c1=O.CC(C)c1cc(Sc2c(Cl)cc(OCC(=O)O)cc2Cl)nnc1Cl. The van der Waals surface area contributed by atoms with Gasteiger partial charge in [-0.25, -0.2) is 14.7 Å². The van der Waals surface area contributed by atoms with Gasteiger partial charge in [0.2, 0.25) is 0 Å². The molecule has 4 rings (SSSR count). The Morgan fingerprint density at radius 2 is 1.12 bits per heavy atom. The highest BCUT2D eigenvalue weighted by molar-refractivity contribution is 7.99. The standard InChI is InChI=1S/C15H13Cl3N2O3S.C15H14Cl2N2O4S/c1-7(2)9-5-12(19-20-15(9)18)24-14-10(16)3-8(4-11(14)17)23-6-13(21)22;1-7(2)9-5-12(18-19-15(9)22)24-14-10(16)3-8(4-11(14)17)23-6-13(20)21/h3-5,7H,6H2,1-2H3,(H,21,22);3-5,7H,6H2,1-2H3,(H,19,22)(H,20,21). The van der Waals surface area contributed by atoms with Crippen molar-refractivity contribution in [2.45, 2.75) is 59.4 Å². The van der Waals surface area contributed by atoms with Gasteiger partial charge in [-0.1, -0.05) is 109 Å². The van der Waals surface area contributed by atoms with Gasteiger partial charge in [0, 0.05) is 29.8 Å². The number of aliphatic carboxylic acids is 2. The number of carboxylic acid groups (broad SMARTS) is 2. The monoisotopic (exact) mass is 794 g/mol. The van der Waals surface area contributed by atoms with Crippen molar-refractivity contribution < 1.29 is 29.3 Å². The van der Waals surface area contributed by atoms with E-state index in [9.17, 15) is 14.4 Å². The molecule has 2 aromatic carbocycles. The smallest absolute Gasteiger partial charge is 0.341 e. The Hall–Kier alpha value is -2.91. The molecule has 0 atom stereocenters. The fraction of sp³-hybridized carbons (Fsp3) is 0.267. The largest absolute Gasteiger partial charge is 0.482 e. The van der Waals surface area contributed by atoms with Crippen LogP contribution in [0.4, 0.5) is 0 Å². The summed E-state index contributed by atoms with van der Waals surface area (Å²) in [5, 5.41) is 34.4. The van der Waals surface area contributed by atoms with Gasteiger partial charge in [0.15, 0.2) is 18.4 Å². The lowest BCUT2D eigenvalue weighted by Gasteiger charge is -2.11. The van der Waals surface area contributed by atoms with Gasteiger partial charge >= 0.3 is 11.9 Å². The van der Waals surface area contributed by atoms with Gasteiger partial charge in [0.25, 0.3) is 5.56 Å². The number of carbonyl (C=O) groups is 2. The number of nitrogens with one attached hydrogen (secondary N) is 1. The average molecular weight is 797 g/mol. The number of aromatic nitrogens is 4. The minimum absolute atomic E-state index is 0.0499. The third-order valence-electron chi connectivity index (χ3n) is 5.89. The Labute approximate surface area is 308 Å². The Balaban J connectivity index is 0.000000260. The van der Waals surface area contributed by atoms with E-state index < -0.39 is 25.2 Å². The fourth-order valence-corrected chi connectivity index (χ4v) is 6.94. The van der Waals surface area contributed by atoms with E-state index in [4.69, 9.17) is 77.7 Å². The molecule has 18 heteroatoms. The van der Waals surface area contributed by atoms with Crippen LogP contribution in [0.1, 0.15) is 50.7 Å². The van der Waals surface area contributed by atoms with Crippen LogP contribution in [-0.4, -0.2) is 55.8 Å². The second-order valence-electron chi connectivity index (χ2n) is 10.2. The lowest BCUT2D eigenvalue weighted by Crippen LogP contribution is -2.15. The molecule has 2 aromatic heterocycles.